The first kappa shape index (κ1) is 37.2. The second-order valence-corrected chi connectivity index (χ2v) is 11.3. The molecular weight excluding hydrogens is 524 g/mol. The average Bonchev–Trinajstić information content (AvgIpc) is 2.86. The van der Waals surface area contributed by atoms with E-state index in [4.69, 9.17) is 18.9 Å². The molecule has 0 aliphatic carbocycles. The van der Waals surface area contributed by atoms with Crippen molar-refractivity contribution in [1.29, 1.82) is 0 Å². The van der Waals surface area contributed by atoms with Crippen molar-refractivity contribution >= 4 is 29.8 Å². The Morgan fingerprint density at radius 2 is 1.07 bits per heavy atom. The van der Waals surface area contributed by atoms with Crippen LogP contribution in [0.15, 0.2) is 0 Å². The summed E-state index contributed by atoms with van der Waals surface area (Å²) in [5, 5.41) is 2.94. The highest BCUT2D eigenvalue weighted by atomic mass is 16.5. The fourth-order valence-corrected chi connectivity index (χ4v) is 3.31. The standard InChI is InChI=1S/C27H50N4O9/c1-21(32)40-20-31(19-25(36)39-9)15-13-29(17-23(34)37-7)12-14-30(18-24(35)38-8)16-22(33)28-11-10-27(5,6)26(2,3)4/h10-20H2,1-9H3,(H,28,33). The van der Waals surface area contributed by atoms with Gasteiger partial charge in [0.05, 0.1) is 47.5 Å². The molecule has 0 atom stereocenters. The first-order valence-electron chi connectivity index (χ1n) is 13.3. The molecule has 0 rings (SSSR count). The van der Waals surface area contributed by atoms with Gasteiger partial charge in [-0.15, -0.1) is 0 Å². The summed E-state index contributed by atoms with van der Waals surface area (Å²) in [6.07, 6.45) is 0.793. The zero-order chi connectivity index (χ0) is 30.9. The van der Waals surface area contributed by atoms with Crippen LogP contribution in [0.3, 0.4) is 0 Å². The smallest absolute Gasteiger partial charge is 0.319 e. The first-order chi connectivity index (χ1) is 18.5. The number of hydrogen-bond acceptors (Lipinski definition) is 12. The molecule has 0 aromatic carbocycles. The van der Waals surface area contributed by atoms with Crippen molar-refractivity contribution in [2.45, 2.75) is 48.0 Å². The number of amides is 1. The van der Waals surface area contributed by atoms with E-state index in [0.717, 1.165) is 6.42 Å². The van der Waals surface area contributed by atoms with Crippen molar-refractivity contribution in [3.8, 4) is 0 Å². The van der Waals surface area contributed by atoms with E-state index in [1.807, 2.05) is 0 Å². The van der Waals surface area contributed by atoms with E-state index in [2.05, 4.69) is 39.9 Å². The summed E-state index contributed by atoms with van der Waals surface area (Å²) in [5.74, 6) is -2.20. The van der Waals surface area contributed by atoms with Gasteiger partial charge in [-0.25, -0.2) is 0 Å². The Hall–Kier alpha value is -2.77. The number of carbonyl (C=O) groups is 5. The second-order valence-electron chi connectivity index (χ2n) is 11.3. The summed E-state index contributed by atoms with van der Waals surface area (Å²) in [4.78, 5) is 64.8. The Kier molecular flexibility index (Phi) is 17.3. The molecule has 0 aliphatic rings. The fraction of sp³-hybridized carbons (Fsp3) is 0.815. The molecule has 0 bridgehead atoms. The Morgan fingerprint density at radius 3 is 1.52 bits per heavy atom. The van der Waals surface area contributed by atoms with Gasteiger partial charge in [0.25, 0.3) is 0 Å². The predicted octanol–water partition coefficient (Wildman–Crippen LogP) is 0.511. The van der Waals surface area contributed by atoms with Crippen molar-refractivity contribution in [3.05, 3.63) is 0 Å². The molecule has 0 radical (unpaired) electrons. The third-order valence-electron chi connectivity index (χ3n) is 7.13. The maximum Gasteiger partial charge on any atom is 0.319 e. The number of carbonyl (C=O) groups excluding carboxylic acids is 5. The van der Waals surface area contributed by atoms with Gasteiger partial charge >= 0.3 is 23.9 Å². The average molecular weight is 575 g/mol. The SMILES string of the molecule is COC(=O)CN(CCN(COC(C)=O)CC(=O)OC)CCN(CC(=O)NCCC(C)(C)C(C)(C)C)CC(=O)OC. The van der Waals surface area contributed by atoms with Crippen molar-refractivity contribution in [3.63, 3.8) is 0 Å². The lowest BCUT2D eigenvalue weighted by Gasteiger charge is -2.39. The molecule has 0 heterocycles. The highest BCUT2D eigenvalue weighted by molar-refractivity contribution is 5.79. The van der Waals surface area contributed by atoms with Crippen LogP contribution in [0.1, 0.15) is 48.0 Å². The lowest BCUT2D eigenvalue weighted by atomic mass is 9.67. The van der Waals surface area contributed by atoms with Crippen LogP contribution in [-0.2, 0) is 42.9 Å². The third kappa shape index (κ3) is 16.4. The van der Waals surface area contributed by atoms with Gasteiger partial charge in [0.2, 0.25) is 5.91 Å². The van der Waals surface area contributed by atoms with Crippen molar-refractivity contribution < 1.29 is 42.9 Å². The van der Waals surface area contributed by atoms with Gasteiger partial charge < -0.3 is 24.3 Å². The van der Waals surface area contributed by atoms with Crippen molar-refractivity contribution in [1.82, 2.24) is 20.0 Å². The molecule has 13 nitrogen and oxygen atoms in total. The van der Waals surface area contributed by atoms with E-state index < -0.39 is 23.9 Å². The number of esters is 4. The third-order valence-corrected chi connectivity index (χ3v) is 7.13. The molecule has 0 unspecified atom stereocenters. The van der Waals surface area contributed by atoms with Crippen LogP contribution in [0, 0.1) is 10.8 Å². The number of rotatable bonds is 19. The lowest BCUT2D eigenvalue weighted by molar-refractivity contribution is -0.151. The molecule has 0 aromatic heterocycles. The summed E-state index contributed by atoms with van der Waals surface area (Å²) >= 11 is 0. The summed E-state index contributed by atoms with van der Waals surface area (Å²) in [6, 6.07) is 0. The maximum atomic E-state index is 12.7. The van der Waals surface area contributed by atoms with E-state index in [-0.39, 0.29) is 62.7 Å². The van der Waals surface area contributed by atoms with Gasteiger partial charge in [0, 0.05) is 39.6 Å². The van der Waals surface area contributed by atoms with Gasteiger partial charge in [-0.2, -0.15) is 0 Å². The van der Waals surface area contributed by atoms with Crippen LogP contribution in [0.4, 0.5) is 0 Å². The number of hydrogen-bond donors (Lipinski definition) is 1. The number of nitrogens with one attached hydrogen (secondary N) is 1. The Labute approximate surface area is 238 Å². The summed E-state index contributed by atoms with van der Waals surface area (Å²) in [5.41, 5.74) is 0.0833. The normalized spacial score (nSPS) is 11.9. The molecule has 40 heavy (non-hydrogen) atoms. The van der Waals surface area contributed by atoms with E-state index >= 15 is 0 Å². The minimum atomic E-state index is -0.507. The summed E-state index contributed by atoms with van der Waals surface area (Å²) in [6.45, 7) is 13.3. The molecule has 1 N–H and O–H groups in total. The van der Waals surface area contributed by atoms with Crippen LogP contribution in [0.25, 0.3) is 0 Å². The zero-order valence-electron chi connectivity index (χ0n) is 25.8. The lowest BCUT2D eigenvalue weighted by Crippen LogP contribution is -2.47. The summed E-state index contributed by atoms with van der Waals surface area (Å²) < 4.78 is 19.3. The quantitative estimate of drug-likeness (QED) is 0.130. The molecule has 13 heteroatoms. The molecule has 1 amide bonds. The summed E-state index contributed by atoms with van der Waals surface area (Å²) in [7, 11) is 3.81. The van der Waals surface area contributed by atoms with E-state index in [1.54, 1.807) is 14.7 Å². The van der Waals surface area contributed by atoms with E-state index in [0.29, 0.717) is 19.6 Å². The van der Waals surface area contributed by atoms with Crippen LogP contribution in [-0.4, -0.2) is 131 Å². The van der Waals surface area contributed by atoms with Gasteiger partial charge in [-0.1, -0.05) is 34.6 Å². The second kappa shape index (κ2) is 18.6. The van der Waals surface area contributed by atoms with Crippen LogP contribution in [0.5, 0.6) is 0 Å². The fourth-order valence-electron chi connectivity index (χ4n) is 3.31. The van der Waals surface area contributed by atoms with Crippen LogP contribution < -0.4 is 5.32 Å². The van der Waals surface area contributed by atoms with Gasteiger partial charge in [-0.05, 0) is 17.3 Å². The van der Waals surface area contributed by atoms with E-state index in [1.165, 1.54) is 28.3 Å². The monoisotopic (exact) mass is 574 g/mol. The molecule has 0 saturated heterocycles. The Morgan fingerprint density at radius 1 is 0.650 bits per heavy atom. The maximum absolute atomic E-state index is 12.7. The molecule has 0 aliphatic heterocycles. The highest BCUT2D eigenvalue weighted by Gasteiger charge is 2.32. The Balaban J connectivity index is 5.31. The highest BCUT2D eigenvalue weighted by Crippen LogP contribution is 2.40. The topological polar surface area (TPSA) is 144 Å². The van der Waals surface area contributed by atoms with Gasteiger partial charge in [-0.3, -0.25) is 38.7 Å². The van der Waals surface area contributed by atoms with Gasteiger partial charge in [0.15, 0.2) is 0 Å². The van der Waals surface area contributed by atoms with Crippen LogP contribution in [0.2, 0.25) is 0 Å². The van der Waals surface area contributed by atoms with Crippen molar-refractivity contribution in [2.24, 2.45) is 10.8 Å². The van der Waals surface area contributed by atoms with Crippen molar-refractivity contribution in [2.75, 3.05) is 87.0 Å². The molecule has 0 aromatic rings. The first-order valence-corrected chi connectivity index (χ1v) is 13.3. The molecule has 0 spiro atoms. The largest absolute Gasteiger partial charge is 0.468 e. The predicted molar refractivity (Wildman–Crippen MR) is 148 cm³/mol. The number of ether oxygens (including phenoxy) is 4. The number of methoxy groups -OCH3 is 3. The number of nitrogens with zero attached hydrogens (tertiary/aromatic N) is 3. The molecule has 232 valence electrons. The zero-order valence-corrected chi connectivity index (χ0v) is 25.8. The molecular formula is C27H50N4O9. The van der Waals surface area contributed by atoms with Gasteiger partial charge in [0.1, 0.15) is 6.73 Å². The minimum absolute atomic E-state index is 0.0115. The minimum Gasteiger partial charge on any atom is -0.468 e. The van der Waals surface area contributed by atoms with E-state index in [9.17, 15) is 24.0 Å². The molecule has 0 fully saturated rings. The van der Waals surface area contributed by atoms with Crippen LogP contribution >= 0.6 is 0 Å². The molecule has 0 saturated carbocycles. The Bertz CT molecular complexity index is 827.